The average Bonchev–Trinajstić information content (AvgIpc) is 2.55. The molecule has 0 saturated heterocycles. The minimum Gasteiger partial charge on any atom is -0.486 e. The Morgan fingerprint density at radius 1 is 1.13 bits per heavy atom. The van der Waals surface area contributed by atoms with Gasteiger partial charge in [0, 0.05) is 7.05 Å². The molecule has 1 aliphatic rings. The summed E-state index contributed by atoms with van der Waals surface area (Å²) < 4.78 is 51.1. The van der Waals surface area contributed by atoms with Gasteiger partial charge in [-0.15, -0.1) is 0 Å². The zero-order chi connectivity index (χ0) is 16.4. The number of para-hydroxylation sites is 2. The van der Waals surface area contributed by atoms with E-state index < -0.39 is 21.9 Å². The molecule has 0 bridgehead atoms. The molecule has 5 nitrogen and oxygen atoms in total. The number of benzene rings is 2. The van der Waals surface area contributed by atoms with E-state index in [9.17, 15) is 12.8 Å². The topological polar surface area (TPSA) is 55.8 Å². The Labute approximate surface area is 134 Å². The van der Waals surface area contributed by atoms with E-state index in [1.807, 2.05) is 12.1 Å². The molecule has 0 spiro atoms. The Morgan fingerprint density at radius 2 is 1.78 bits per heavy atom. The van der Waals surface area contributed by atoms with Crippen molar-refractivity contribution in [3.8, 4) is 11.5 Å². The summed E-state index contributed by atoms with van der Waals surface area (Å²) in [7, 11) is -2.53. The fraction of sp³-hybridized carbons (Fsp3) is 0.250. The van der Waals surface area contributed by atoms with Gasteiger partial charge < -0.3 is 9.47 Å². The van der Waals surface area contributed by atoms with E-state index in [-0.39, 0.29) is 18.0 Å². The van der Waals surface area contributed by atoms with E-state index in [4.69, 9.17) is 9.47 Å². The highest BCUT2D eigenvalue weighted by Gasteiger charge is 2.29. The maximum atomic E-state index is 13.8. The van der Waals surface area contributed by atoms with Crippen molar-refractivity contribution in [1.82, 2.24) is 4.31 Å². The monoisotopic (exact) mass is 337 g/mol. The van der Waals surface area contributed by atoms with Crippen molar-refractivity contribution in [3.05, 3.63) is 54.3 Å². The standard InChI is InChI=1S/C16H16FNO4S/c1-18(23(19,20)16-9-5-2-6-13(16)17)10-12-11-21-14-7-3-4-8-15(14)22-12/h2-9,12H,10-11H2,1H3/t12-/m1/s1. The molecule has 0 aromatic heterocycles. The van der Waals surface area contributed by atoms with E-state index >= 15 is 0 Å². The van der Waals surface area contributed by atoms with E-state index in [0.29, 0.717) is 11.5 Å². The Kier molecular flexibility index (Phi) is 4.23. The fourth-order valence-corrected chi connectivity index (χ4v) is 3.62. The number of hydrogen-bond donors (Lipinski definition) is 0. The van der Waals surface area contributed by atoms with Gasteiger partial charge in [0.15, 0.2) is 11.5 Å². The lowest BCUT2D eigenvalue weighted by Gasteiger charge is -2.29. The van der Waals surface area contributed by atoms with Crippen LogP contribution in [0.15, 0.2) is 53.4 Å². The molecule has 2 aromatic rings. The summed E-state index contributed by atoms with van der Waals surface area (Å²) in [6.07, 6.45) is -0.462. The molecule has 0 unspecified atom stereocenters. The lowest BCUT2D eigenvalue weighted by molar-refractivity contribution is 0.0798. The molecule has 122 valence electrons. The zero-order valence-electron chi connectivity index (χ0n) is 12.5. The van der Waals surface area contributed by atoms with E-state index in [1.165, 1.54) is 25.2 Å². The van der Waals surface area contributed by atoms with E-state index in [2.05, 4.69) is 0 Å². The van der Waals surface area contributed by atoms with Crippen LogP contribution in [0.2, 0.25) is 0 Å². The first kappa shape index (κ1) is 15.8. The van der Waals surface area contributed by atoms with Crippen LogP contribution >= 0.6 is 0 Å². The number of halogens is 1. The zero-order valence-corrected chi connectivity index (χ0v) is 13.3. The molecule has 0 amide bonds. The van der Waals surface area contributed by atoms with Crippen molar-refractivity contribution in [1.29, 1.82) is 0 Å². The summed E-state index contributed by atoms with van der Waals surface area (Å²) in [5.74, 6) is 0.425. The molecular formula is C16H16FNO4S. The summed E-state index contributed by atoms with van der Waals surface area (Å²) in [6, 6.07) is 12.5. The Bertz CT molecular complexity index is 809. The highest BCUT2D eigenvalue weighted by molar-refractivity contribution is 7.89. The normalized spacial score (nSPS) is 17.3. The SMILES string of the molecule is CN(C[C@@H]1COc2ccccc2O1)S(=O)(=O)c1ccccc1F. The largest absolute Gasteiger partial charge is 0.486 e. The predicted octanol–water partition coefficient (Wildman–Crippen LogP) is 2.29. The minimum atomic E-state index is -3.92. The van der Waals surface area contributed by atoms with Crippen molar-refractivity contribution in [2.75, 3.05) is 20.2 Å². The first-order valence-electron chi connectivity index (χ1n) is 7.08. The number of likely N-dealkylation sites (N-methyl/N-ethyl adjacent to an activating group) is 1. The third-order valence-corrected chi connectivity index (χ3v) is 5.41. The summed E-state index contributed by atoms with van der Waals surface area (Å²) in [4.78, 5) is -0.348. The van der Waals surface area contributed by atoms with Gasteiger partial charge in [-0.3, -0.25) is 0 Å². The first-order valence-corrected chi connectivity index (χ1v) is 8.52. The fourth-order valence-electron chi connectivity index (χ4n) is 2.36. The lowest BCUT2D eigenvalue weighted by Crippen LogP contribution is -2.41. The predicted molar refractivity (Wildman–Crippen MR) is 82.6 cm³/mol. The van der Waals surface area contributed by atoms with Crippen molar-refractivity contribution in [2.45, 2.75) is 11.0 Å². The Balaban J connectivity index is 1.75. The Hall–Kier alpha value is -2.12. The number of ether oxygens (including phenoxy) is 2. The van der Waals surface area contributed by atoms with Crippen LogP contribution in [0.1, 0.15) is 0 Å². The second kappa shape index (κ2) is 6.17. The van der Waals surface area contributed by atoms with Gasteiger partial charge in [-0.05, 0) is 24.3 Å². The molecule has 23 heavy (non-hydrogen) atoms. The third kappa shape index (κ3) is 3.16. The molecule has 7 heteroatoms. The number of hydrogen-bond acceptors (Lipinski definition) is 4. The Morgan fingerprint density at radius 3 is 2.52 bits per heavy atom. The highest BCUT2D eigenvalue weighted by atomic mass is 32.2. The molecular weight excluding hydrogens is 321 g/mol. The second-order valence-corrected chi connectivity index (χ2v) is 7.23. The van der Waals surface area contributed by atoms with Crippen molar-refractivity contribution in [2.24, 2.45) is 0 Å². The van der Waals surface area contributed by atoms with Gasteiger partial charge in [0.25, 0.3) is 0 Å². The second-order valence-electron chi connectivity index (χ2n) is 5.21. The minimum absolute atomic E-state index is 0.0605. The van der Waals surface area contributed by atoms with Crippen molar-refractivity contribution < 1.29 is 22.3 Å². The molecule has 0 saturated carbocycles. The van der Waals surface area contributed by atoms with Gasteiger partial charge in [-0.1, -0.05) is 24.3 Å². The molecule has 0 radical (unpaired) electrons. The van der Waals surface area contributed by atoms with E-state index in [1.54, 1.807) is 12.1 Å². The first-order chi connectivity index (χ1) is 11.0. The van der Waals surface area contributed by atoms with Crippen LogP contribution in [0.25, 0.3) is 0 Å². The maximum absolute atomic E-state index is 13.8. The van der Waals surface area contributed by atoms with Gasteiger partial charge in [0.05, 0.1) is 6.54 Å². The molecule has 0 aliphatic carbocycles. The molecule has 1 atom stereocenters. The lowest BCUT2D eigenvalue weighted by atomic mass is 10.2. The third-order valence-electron chi connectivity index (χ3n) is 3.55. The summed E-state index contributed by atoms with van der Waals surface area (Å²) >= 11 is 0. The van der Waals surface area contributed by atoms with Crippen LogP contribution in [0, 0.1) is 5.82 Å². The van der Waals surface area contributed by atoms with Crippen LogP contribution in [0.4, 0.5) is 4.39 Å². The van der Waals surface area contributed by atoms with E-state index in [0.717, 1.165) is 10.4 Å². The summed E-state index contributed by atoms with van der Waals surface area (Å²) in [6.45, 7) is 0.291. The van der Waals surface area contributed by atoms with Crippen LogP contribution < -0.4 is 9.47 Å². The molecule has 1 heterocycles. The molecule has 0 fully saturated rings. The van der Waals surface area contributed by atoms with Gasteiger partial charge in [0.1, 0.15) is 23.4 Å². The summed E-state index contributed by atoms with van der Waals surface area (Å²) in [5, 5.41) is 0. The molecule has 1 aliphatic heterocycles. The average molecular weight is 337 g/mol. The molecule has 3 rings (SSSR count). The highest BCUT2D eigenvalue weighted by Crippen LogP contribution is 2.31. The van der Waals surface area contributed by atoms with Crippen molar-refractivity contribution >= 4 is 10.0 Å². The molecule has 0 N–H and O–H groups in total. The van der Waals surface area contributed by atoms with Gasteiger partial charge >= 0.3 is 0 Å². The number of fused-ring (bicyclic) bond motifs is 1. The van der Waals surface area contributed by atoms with Gasteiger partial charge in [0.2, 0.25) is 10.0 Å². The quantitative estimate of drug-likeness (QED) is 0.859. The smallest absolute Gasteiger partial charge is 0.245 e. The van der Waals surface area contributed by atoms with Crippen LogP contribution in [-0.4, -0.2) is 39.0 Å². The number of sulfonamides is 1. The van der Waals surface area contributed by atoms with Crippen LogP contribution in [0.5, 0.6) is 11.5 Å². The maximum Gasteiger partial charge on any atom is 0.245 e. The van der Waals surface area contributed by atoms with Gasteiger partial charge in [-0.25, -0.2) is 12.8 Å². The number of nitrogens with zero attached hydrogens (tertiary/aromatic N) is 1. The number of rotatable bonds is 4. The summed E-state index contributed by atoms with van der Waals surface area (Å²) in [5.41, 5.74) is 0. The van der Waals surface area contributed by atoms with Gasteiger partial charge in [-0.2, -0.15) is 4.31 Å². The molecule has 2 aromatic carbocycles. The van der Waals surface area contributed by atoms with Crippen molar-refractivity contribution in [3.63, 3.8) is 0 Å². The van der Waals surface area contributed by atoms with Crippen LogP contribution in [0.3, 0.4) is 0 Å². The van der Waals surface area contributed by atoms with Crippen LogP contribution in [-0.2, 0) is 10.0 Å².